The third kappa shape index (κ3) is 5.61. The molecule has 2 atom stereocenters. The highest BCUT2D eigenvalue weighted by Crippen LogP contribution is 2.34. The second kappa shape index (κ2) is 8.40. The van der Waals surface area contributed by atoms with Crippen LogP contribution < -0.4 is 5.32 Å². The SMILES string of the molecule is CC(C)C(=O)[C@@H]1CCCC[C@@H]1CC(=O)NCCN(C)C. The van der Waals surface area contributed by atoms with Crippen LogP contribution in [0.15, 0.2) is 0 Å². The number of Topliss-reactive ketones (excluding diaryl/α,β-unsaturated/α-hetero) is 1. The first-order valence-corrected chi connectivity index (χ1v) is 7.87. The quantitative estimate of drug-likeness (QED) is 0.778. The van der Waals surface area contributed by atoms with Gasteiger partial charge in [-0.1, -0.05) is 26.7 Å². The molecule has 4 heteroatoms. The van der Waals surface area contributed by atoms with Gasteiger partial charge in [0.05, 0.1) is 0 Å². The van der Waals surface area contributed by atoms with Crippen molar-refractivity contribution in [3.63, 3.8) is 0 Å². The Morgan fingerprint density at radius 3 is 2.45 bits per heavy atom. The van der Waals surface area contributed by atoms with Crippen LogP contribution in [0.2, 0.25) is 0 Å². The van der Waals surface area contributed by atoms with E-state index in [9.17, 15) is 9.59 Å². The summed E-state index contributed by atoms with van der Waals surface area (Å²) < 4.78 is 0. The Kier molecular flexibility index (Phi) is 7.20. The van der Waals surface area contributed by atoms with Crippen molar-refractivity contribution in [1.29, 1.82) is 0 Å². The van der Waals surface area contributed by atoms with Gasteiger partial charge in [-0.25, -0.2) is 0 Å². The predicted octanol–water partition coefficient (Wildman–Crippen LogP) is 2.09. The van der Waals surface area contributed by atoms with Crippen molar-refractivity contribution in [2.24, 2.45) is 17.8 Å². The first-order valence-electron chi connectivity index (χ1n) is 7.87. The number of carbonyl (C=O) groups excluding carboxylic acids is 2. The summed E-state index contributed by atoms with van der Waals surface area (Å²) >= 11 is 0. The van der Waals surface area contributed by atoms with E-state index in [4.69, 9.17) is 0 Å². The number of nitrogens with zero attached hydrogens (tertiary/aromatic N) is 1. The largest absolute Gasteiger partial charge is 0.355 e. The molecule has 1 N–H and O–H groups in total. The number of ketones is 1. The molecule has 0 bridgehead atoms. The molecule has 1 saturated carbocycles. The van der Waals surface area contributed by atoms with Crippen LogP contribution in [0.3, 0.4) is 0 Å². The van der Waals surface area contributed by atoms with Gasteiger partial charge >= 0.3 is 0 Å². The Morgan fingerprint density at radius 2 is 1.85 bits per heavy atom. The number of likely N-dealkylation sites (N-methyl/N-ethyl adjacent to an activating group) is 1. The number of amides is 1. The molecule has 0 aliphatic heterocycles. The van der Waals surface area contributed by atoms with E-state index in [0.29, 0.717) is 18.7 Å². The minimum Gasteiger partial charge on any atom is -0.355 e. The molecule has 1 fully saturated rings. The standard InChI is InChI=1S/C16H30N2O2/c1-12(2)16(20)14-8-6-5-7-13(14)11-15(19)17-9-10-18(3)4/h12-14H,5-11H2,1-4H3,(H,17,19)/t13-,14-/m1/s1. The van der Waals surface area contributed by atoms with Crippen molar-refractivity contribution in [1.82, 2.24) is 10.2 Å². The lowest BCUT2D eigenvalue weighted by Crippen LogP contribution is -2.36. The molecule has 20 heavy (non-hydrogen) atoms. The number of hydrogen-bond acceptors (Lipinski definition) is 3. The van der Waals surface area contributed by atoms with Gasteiger partial charge in [-0.05, 0) is 32.9 Å². The summed E-state index contributed by atoms with van der Waals surface area (Å²) in [6.07, 6.45) is 4.77. The van der Waals surface area contributed by atoms with Gasteiger partial charge in [-0.3, -0.25) is 9.59 Å². The van der Waals surface area contributed by atoms with Crippen molar-refractivity contribution in [2.75, 3.05) is 27.2 Å². The van der Waals surface area contributed by atoms with E-state index in [-0.39, 0.29) is 23.7 Å². The molecule has 0 heterocycles. The van der Waals surface area contributed by atoms with Gasteiger partial charge in [0.15, 0.2) is 0 Å². The molecule has 1 aliphatic carbocycles. The molecule has 0 saturated heterocycles. The lowest BCUT2D eigenvalue weighted by Gasteiger charge is -2.31. The summed E-state index contributed by atoms with van der Waals surface area (Å²) in [4.78, 5) is 26.3. The molecule has 0 aromatic heterocycles. The van der Waals surface area contributed by atoms with E-state index >= 15 is 0 Å². The monoisotopic (exact) mass is 282 g/mol. The van der Waals surface area contributed by atoms with E-state index < -0.39 is 0 Å². The lowest BCUT2D eigenvalue weighted by atomic mass is 9.73. The van der Waals surface area contributed by atoms with E-state index in [1.54, 1.807) is 0 Å². The normalized spacial score (nSPS) is 23.1. The fraction of sp³-hybridized carbons (Fsp3) is 0.875. The van der Waals surface area contributed by atoms with Crippen LogP contribution in [0.5, 0.6) is 0 Å². The third-order valence-electron chi connectivity index (χ3n) is 4.17. The lowest BCUT2D eigenvalue weighted by molar-refractivity contribution is -0.130. The maximum Gasteiger partial charge on any atom is 0.220 e. The summed E-state index contributed by atoms with van der Waals surface area (Å²) in [6, 6.07) is 0. The maximum absolute atomic E-state index is 12.3. The highest BCUT2D eigenvalue weighted by molar-refractivity contribution is 5.84. The fourth-order valence-electron chi connectivity index (χ4n) is 2.98. The Bertz CT molecular complexity index is 326. The molecule has 1 rings (SSSR count). The summed E-state index contributed by atoms with van der Waals surface area (Å²) in [5, 5.41) is 2.96. The topological polar surface area (TPSA) is 49.4 Å². The molecule has 0 aromatic rings. The van der Waals surface area contributed by atoms with Gasteiger partial charge in [-0.15, -0.1) is 0 Å². The number of rotatable bonds is 7. The average molecular weight is 282 g/mol. The van der Waals surface area contributed by atoms with Gasteiger partial charge in [0.2, 0.25) is 5.91 Å². The van der Waals surface area contributed by atoms with Crippen molar-refractivity contribution in [3.05, 3.63) is 0 Å². The molecule has 0 radical (unpaired) electrons. The van der Waals surface area contributed by atoms with Crippen molar-refractivity contribution < 1.29 is 9.59 Å². The van der Waals surface area contributed by atoms with Crippen LogP contribution in [-0.4, -0.2) is 43.8 Å². The predicted molar refractivity (Wildman–Crippen MR) is 81.5 cm³/mol. The summed E-state index contributed by atoms with van der Waals surface area (Å²) in [5.41, 5.74) is 0. The van der Waals surface area contributed by atoms with Crippen molar-refractivity contribution in [3.8, 4) is 0 Å². The van der Waals surface area contributed by atoms with Gasteiger partial charge in [0.25, 0.3) is 0 Å². The van der Waals surface area contributed by atoms with Crippen LogP contribution in [0, 0.1) is 17.8 Å². The third-order valence-corrected chi connectivity index (χ3v) is 4.17. The number of hydrogen-bond donors (Lipinski definition) is 1. The summed E-state index contributed by atoms with van der Waals surface area (Å²) in [7, 11) is 3.98. The smallest absolute Gasteiger partial charge is 0.220 e. The summed E-state index contributed by atoms with van der Waals surface area (Å²) in [5.74, 6) is 0.870. The van der Waals surface area contributed by atoms with Gasteiger partial charge in [0, 0.05) is 31.3 Å². The molecule has 1 amide bonds. The average Bonchev–Trinajstić information content (AvgIpc) is 2.38. The van der Waals surface area contributed by atoms with Crippen LogP contribution in [0.25, 0.3) is 0 Å². The van der Waals surface area contributed by atoms with Gasteiger partial charge in [-0.2, -0.15) is 0 Å². The van der Waals surface area contributed by atoms with E-state index in [1.165, 1.54) is 0 Å². The molecule has 1 aliphatic rings. The summed E-state index contributed by atoms with van der Waals surface area (Å²) in [6.45, 7) is 5.46. The molecular formula is C16H30N2O2. The first kappa shape index (κ1) is 17.2. The van der Waals surface area contributed by atoms with E-state index in [0.717, 1.165) is 32.2 Å². The number of nitrogens with one attached hydrogen (secondary N) is 1. The molecular weight excluding hydrogens is 252 g/mol. The Labute approximate surface area is 123 Å². The minimum absolute atomic E-state index is 0.0809. The van der Waals surface area contributed by atoms with Crippen molar-refractivity contribution >= 4 is 11.7 Å². The highest BCUT2D eigenvalue weighted by Gasteiger charge is 2.33. The van der Waals surface area contributed by atoms with Gasteiger partial charge in [0.1, 0.15) is 5.78 Å². The fourth-order valence-corrected chi connectivity index (χ4v) is 2.98. The zero-order valence-electron chi connectivity index (χ0n) is 13.4. The Hall–Kier alpha value is -0.900. The molecule has 116 valence electrons. The number of carbonyl (C=O) groups is 2. The Balaban J connectivity index is 2.46. The Morgan fingerprint density at radius 1 is 1.20 bits per heavy atom. The molecule has 0 aromatic carbocycles. The molecule has 4 nitrogen and oxygen atoms in total. The van der Waals surface area contributed by atoms with Crippen LogP contribution in [0.4, 0.5) is 0 Å². The molecule has 0 spiro atoms. The van der Waals surface area contributed by atoms with Gasteiger partial charge < -0.3 is 10.2 Å². The minimum atomic E-state index is 0.0809. The van der Waals surface area contributed by atoms with E-state index in [2.05, 4.69) is 5.32 Å². The van der Waals surface area contributed by atoms with Crippen molar-refractivity contribution in [2.45, 2.75) is 46.0 Å². The second-order valence-electron chi connectivity index (χ2n) is 6.57. The molecule has 0 unspecified atom stereocenters. The first-order chi connectivity index (χ1) is 9.41. The van der Waals surface area contributed by atoms with E-state index in [1.807, 2.05) is 32.8 Å². The zero-order valence-corrected chi connectivity index (χ0v) is 13.4. The zero-order chi connectivity index (χ0) is 15.1. The second-order valence-corrected chi connectivity index (χ2v) is 6.57. The van der Waals surface area contributed by atoms with Crippen LogP contribution >= 0.6 is 0 Å². The maximum atomic E-state index is 12.3. The van der Waals surface area contributed by atoms with Crippen LogP contribution in [-0.2, 0) is 9.59 Å². The van der Waals surface area contributed by atoms with Crippen LogP contribution in [0.1, 0.15) is 46.0 Å². The highest BCUT2D eigenvalue weighted by atomic mass is 16.1.